The normalized spacial score (nSPS) is 10.8. The van der Waals surface area contributed by atoms with Crippen molar-refractivity contribution >= 4 is 22.6 Å². The maximum absolute atomic E-state index is 12.9. The number of methoxy groups -OCH3 is 1. The van der Waals surface area contributed by atoms with Crippen LogP contribution in [0.4, 0.5) is 0 Å². The summed E-state index contributed by atoms with van der Waals surface area (Å²) in [6, 6.07) is 14.6. The summed E-state index contributed by atoms with van der Waals surface area (Å²) in [4.78, 5) is 24.9. The Hall–Kier alpha value is -3.78. The lowest BCUT2D eigenvalue weighted by Crippen LogP contribution is -2.31. The van der Waals surface area contributed by atoms with Gasteiger partial charge in [-0.1, -0.05) is 42.0 Å². The van der Waals surface area contributed by atoms with Gasteiger partial charge in [-0.25, -0.2) is 0 Å². The van der Waals surface area contributed by atoms with Gasteiger partial charge in [0.2, 0.25) is 0 Å². The van der Waals surface area contributed by atoms with Gasteiger partial charge in [0.1, 0.15) is 17.2 Å². The Bertz CT molecular complexity index is 1190. The van der Waals surface area contributed by atoms with Crippen molar-refractivity contribution in [2.45, 2.75) is 26.7 Å². The SMILES string of the molecule is COCCNC(=O)COc1cc(C(=O)NCCCCOc2ccc(C)cc2C)c(O)c2ccccc12. The highest BCUT2D eigenvalue weighted by Crippen LogP contribution is 2.36. The van der Waals surface area contributed by atoms with E-state index >= 15 is 0 Å². The molecule has 0 aromatic heterocycles. The highest BCUT2D eigenvalue weighted by Gasteiger charge is 2.18. The van der Waals surface area contributed by atoms with Crippen molar-refractivity contribution in [2.24, 2.45) is 0 Å². The van der Waals surface area contributed by atoms with Crippen LogP contribution in [0.3, 0.4) is 0 Å². The van der Waals surface area contributed by atoms with Crippen LogP contribution in [-0.4, -0.2) is 56.9 Å². The summed E-state index contributed by atoms with van der Waals surface area (Å²) in [6.45, 7) is 5.59. The van der Waals surface area contributed by atoms with Crippen LogP contribution in [0.15, 0.2) is 48.5 Å². The average molecular weight is 495 g/mol. The Morgan fingerprint density at radius 1 is 0.861 bits per heavy atom. The summed E-state index contributed by atoms with van der Waals surface area (Å²) in [5, 5.41) is 17.4. The lowest BCUT2D eigenvalue weighted by atomic mass is 10.0. The highest BCUT2D eigenvalue weighted by atomic mass is 16.5. The number of hydrogen-bond donors (Lipinski definition) is 3. The third-order valence-corrected chi connectivity index (χ3v) is 5.65. The summed E-state index contributed by atoms with van der Waals surface area (Å²) in [5.74, 6) is 0.363. The molecule has 0 bridgehead atoms. The van der Waals surface area contributed by atoms with Gasteiger partial charge >= 0.3 is 0 Å². The van der Waals surface area contributed by atoms with E-state index in [0.29, 0.717) is 42.8 Å². The smallest absolute Gasteiger partial charge is 0.258 e. The molecule has 0 spiro atoms. The van der Waals surface area contributed by atoms with Crippen LogP contribution in [0, 0.1) is 13.8 Å². The van der Waals surface area contributed by atoms with Crippen molar-refractivity contribution in [3.63, 3.8) is 0 Å². The minimum Gasteiger partial charge on any atom is -0.506 e. The molecule has 8 nitrogen and oxygen atoms in total. The van der Waals surface area contributed by atoms with Gasteiger partial charge in [-0.2, -0.15) is 0 Å². The van der Waals surface area contributed by atoms with Gasteiger partial charge < -0.3 is 30.0 Å². The second-order valence-corrected chi connectivity index (χ2v) is 8.53. The number of fused-ring (bicyclic) bond motifs is 1. The zero-order chi connectivity index (χ0) is 25.9. The first-order chi connectivity index (χ1) is 17.4. The molecule has 0 atom stereocenters. The molecule has 8 heteroatoms. The number of amides is 2. The number of carbonyl (C=O) groups excluding carboxylic acids is 2. The van der Waals surface area contributed by atoms with Gasteiger partial charge in [0.15, 0.2) is 6.61 Å². The second-order valence-electron chi connectivity index (χ2n) is 8.53. The van der Waals surface area contributed by atoms with Crippen molar-refractivity contribution < 1.29 is 28.9 Å². The van der Waals surface area contributed by atoms with Gasteiger partial charge in [-0.15, -0.1) is 0 Å². The van der Waals surface area contributed by atoms with E-state index in [-0.39, 0.29) is 23.8 Å². The number of phenolic OH excluding ortho intramolecular Hbond substituents is 1. The first kappa shape index (κ1) is 26.8. The standard InChI is InChI=1S/C28H34N2O6/c1-19-10-11-24(20(2)16-19)35-14-7-6-12-30-28(33)23-17-25(36-18-26(31)29-13-15-34-3)21-8-4-5-9-22(21)27(23)32/h4-5,8-11,16-17,32H,6-7,12-15,18H2,1-3H3,(H,29,31)(H,30,33). The molecule has 0 aliphatic heterocycles. The predicted molar refractivity (Wildman–Crippen MR) is 139 cm³/mol. The molecule has 0 saturated carbocycles. The zero-order valence-electron chi connectivity index (χ0n) is 21.1. The number of nitrogens with one attached hydrogen (secondary N) is 2. The molecule has 0 saturated heterocycles. The van der Waals surface area contributed by atoms with Gasteiger partial charge in [-0.05, 0) is 44.4 Å². The molecule has 3 aromatic rings. The monoisotopic (exact) mass is 494 g/mol. The number of phenols is 1. The van der Waals surface area contributed by atoms with Crippen molar-refractivity contribution in [3.8, 4) is 17.2 Å². The van der Waals surface area contributed by atoms with Crippen molar-refractivity contribution in [3.05, 3.63) is 65.2 Å². The third-order valence-electron chi connectivity index (χ3n) is 5.65. The maximum Gasteiger partial charge on any atom is 0.258 e. The molecule has 0 unspecified atom stereocenters. The number of rotatable bonds is 13. The molecule has 0 aliphatic rings. The Labute approximate surface area is 211 Å². The van der Waals surface area contributed by atoms with Crippen LogP contribution < -0.4 is 20.1 Å². The van der Waals surface area contributed by atoms with E-state index in [1.165, 1.54) is 11.6 Å². The van der Waals surface area contributed by atoms with Crippen molar-refractivity contribution in [2.75, 3.05) is 40.0 Å². The molecule has 36 heavy (non-hydrogen) atoms. The highest BCUT2D eigenvalue weighted by molar-refractivity contribution is 6.05. The fourth-order valence-electron chi connectivity index (χ4n) is 3.77. The van der Waals surface area contributed by atoms with Crippen LogP contribution >= 0.6 is 0 Å². The lowest BCUT2D eigenvalue weighted by molar-refractivity contribution is -0.123. The first-order valence-electron chi connectivity index (χ1n) is 12.0. The molecule has 0 fully saturated rings. The zero-order valence-corrected chi connectivity index (χ0v) is 21.1. The molecule has 3 aromatic carbocycles. The number of aromatic hydroxyl groups is 1. The third kappa shape index (κ3) is 7.36. The van der Waals surface area contributed by atoms with Gasteiger partial charge in [0, 0.05) is 31.0 Å². The summed E-state index contributed by atoms with van der Waals surface area (Å²) >= 11 is 0. The topological polar surface area (TPSA) is 106 Å². The maximum atomic E-state index is 12.9. The molecule has 0 heterocycles. The first-order valence-corrected chi connectivity index (χ1v) is 12.0. The van der Waals surface area contributed by atoms with E-state index in [9.17, 15) is 14.7 Å². The minimum atomic E-state index is -0.414. The fourth-order valence-corrected chi connectivity index (χ4v) is 3.77. The molecule has 3 N–H and O–H groups in total. The van der Waals surface area contributed by atoms with Gasteiger partial charge in [0.25, 0.3) is 11.8 Å². The van der Waals surface area contributed by atoms with Crippen LogP contribution in [0.25, 0.3) is 10.8 Å². The Balaban J connectivity index is 1.57. The molecular formula is C28H34N2O6. The largest absolute Gasteiger partial charge is 0.506 e. The second kappa shape index (κ2) is 13.3. The van der Waals surface area contributed by atoms with Crippen LogP contribution in [0.1, 0.15) is 34.3 Å². The van der Waals surface area contributed by atoms with E-state index in [0.717, 1.165) is 24.2 Å². The minimum absolute atomic E-state index is 0.0926. The number of benzene rings is 3. The van der Waals surface area contributed by atoms with E-state index in [4.69, 9.17) is 14.2 Å². The molecule has 2 amide bonds. The number of hydrogen-bond acceptors (Lipinski definition) is 6. The van der Waals surface area contributed by atoms with Crippen molar-refractivity contribution in [1.29, 1.82) is 0 Å². The van der Waals surface area contributed by atoms with Gasteiger partial charge in [0.05, 0.1) is 18.8 Å². The van der Waals surface area contributed by atoms with E-state index in [1.807, 2.05) is 26.0 Å². The van der Waals surface area contributed by atoms with Crippen molar-refractivity contribution in [1.82, 2.24) is 10.6 Å². The average Bonchev–Trinajstić information content (AvgIpc) is 2.87. The number of ether oxygens (including phenoxy) is 3. The summed E-state index contributed by atoms with van der Waals surface area (Å²) < 4.78 is 16.5. The van der Waals surface area contributed by atoms with Gasteiger partial charge in [-0.3, -0.25) is 9.59 Å². The van der Waals surface area contributed by atoms with Crippen LogP contribution in [0.2, 0.25) is 0 Å². The van der Waals surface area contributed by atoms with E-state index in [2.05, 4.69) is 16.7 Å². The molecule has 192 valence electrons. The quantitative estimate of drug-likeness (QED) is 0.311. The number of aryl methyl sites for hydroxylation is 2. The number of unbranched alkanes of at least 4 members (excludes halogenated alkanes) is 1. The summed E-state index contributed by atoms with van der Waals surface area (Å²) in [6.07, 6.45) is 1.49. The Kier molecular flexibility index (Phi) is 9.94. The van der Waals surface area contributed by atoms with Crippen LogP contribution in [0.5, 0.6) is 17.2 Å². The summed E-state index contributed by atoms with van der Waals surface area (Å²) in [7, 11) is 1.55. The molecule has 3 rings (SSSR count). The Morgan fingerprint density at radius 2 is 1.64 bits per heavy atom. The lowest BCUT2D eigenvalue weighted by Gasteiger charge is -2.14. The number of carbonyl (C=O) groups is 2. The molecular weight excluding hydrogens is 460 g/mol. The molecule has 0 aliphatic carbocycles. The predicted octanol–water partition coefficient (Wildman–Crippen LogP) is 3.89. The fraction of sp³-hybridized carbons (Fsp3) is 0.357. The van der Waals surface area contributed by atoms with Crippen LogP contribution in [-0.2, 0) is 9.53 Å². The van der Waals surface area contributed by atoms with E-state index in [1.54, 1.807) is 31.4 Å². The Morgan fingerprint density at radius 3 is 2.39 bits per heavy atom. The summed E-state index contributed by atoms with van der Waals surface area (Å²) in [5.41, 5.74) is 2.38. The van der Waals surface area contributed by atoms with E-state index < -0.39 is 5.91 Å². The molecule has 0 radical (unpaired) electrons.